The van der Waals surface area contributed by atoms with Crippen LogP contribution in [0.15, 0.2) is 45.3 Å². The van der Waals surface area contributed by atoms with Crippen LogP contribution in [0, 0.1) is 0 Å². The normalized spacial score (nSPS) is 20.2. The number of nitrogens with one attached hydrogen (secondary N) is 1. The second-order valence-corrected chi connectivity index (χ2v) is 15.7. The Balaban J connectivity index is 1.05. The topological polar surface area (TPSA) is 149 Å². The van der Waals surface area contributed by atoms with Crippen LogP contribution in [0.2, 0.25) is 0 Å². The number of fused-ring (bicyclic) bond motifs is 1. The van der Waals surface area contributed by atoms with Crippen LogP contribution in [0.25, 0.3) is 0 Å². The van der Waals surface area contributed by atoms with Crippen molar-refractivity contribution in [2.75, 3.05) is 77.8 Å². The molecule has 16 heteroatoms. The monoisotopic (exact) mass is 847 g/mol. The van der Waals surface area contributed by atoms with Gasteiger partial charge in [0.15, 0.2) is 6.10 Å². The Bertz CT molecular complexity index is 1600. The van der Waals surface area contributed by atoms with E-state index in [2.05, 4.69) is 42.1 Å². The number of piperidine rings is 2. The summed E-state index contributed by atoms with van der Waals surface area (Å²) < 4.78 is 6.96. The highest BCUT2D eigenvalue weighted by Crippen LogP contribution is 2.34. The van der Waals surface area contributed by atoms with Crippen molar-refractivity contribution in [2.45, 2.75) is 56.7 Å². The average molecular weight is 850 g/mol. The Labute approximate surface area is 320 Å². The summed E-state index contributed by atoms with van der Waals surface area (Å²) in [6.07, 6.45) is 2.04. The first-order valence-corrected chi connectivity index (χ1v) is 19.5. The summed E-state index contributed by atoms with van der Waals surface area (Å²) in [6.45, 7) is 5.71. The minimum atomic E-state index is -1.06. The second kappa shape index (κ2) is 17.1. The van der Waals surface area contributed by atoms with E-state index in [9.17, 15) is 29.5 Å². The van der Waals surface area contributed by atoms with Gasteiger partial charge in [0.25, 0.3) is 11.8 Å². The number of urea groups is 1. The highest BCUT2D eigenvalue weighted by Gasteiger charge is 2.37. The maximum Gasteiger partial charge on any atom is 0.410 e. The molecule has 0 bridgehead atoms. The number of piperazine rings is 1. The molecule has 3 N–H and O–H groups in total. The zero-order chi connectivity index (χ0) is 36.9. The SMILES string of the molecule is CN(O)C(=O)CN1CCN(C2CCN(C(=O)[C@@H](Cc3cc(Br)c(O)c(Br)c3)OC(=O)N3CCC(N4CCc5ccccc5NC4=O)CC3)CC2)CC1. The Morgan fingerprint density at radius 1 is 0.904 bits per heavy atom. The van der Waals surface area contributed by atoms with Gasteiger partial charge in [-0.05, 0) is 93.3 Å². The van der Waals surface area contributed by atoms with Crippen LogP contribution in [0.4, 0.5) is 15.3 Å². The molecule has 3 saturated heterocycles. The van der Waals surface area contributed by atoms with Gasteiger partial charge in [-0.1, -0.05) is 18.2 Å². The number of carbonyl (C=O) groups is 4. The van der Waals surface area contributed by atoms with Gasteiger partial charge in [-0.25, -0.2) is 14.7 Å². The van der Waals surface area contributed by atoms with Crippen molar-refractivity contribution in [3.8, 4) is 5.75 Å². The van der Waals surface area contributed by atoms with Crippen LogP contribution in [-0.4, -0.2) is 154 Å². The van der Waals surface area contributed by atoms with Gasteiger partial charge in [-0.2, -0.15) is 0 Å². The predicted molar refractivity (Wildman–Crippen MR) is 200 cm³/mol. The second-order valence-electron chi connectivity index (χ2n) is 14.0. The fourth-order valence-electron chi connectivity index (χ4n) is 7.66. The average Bonchev–Trinajstić information content (AvgIpc) is 3.31. The molecule has 0 aliphatic carbocycles. The Kier molecular flexibility index (Phi) is 12.6. The van der Waals surface area contributed by atoms with Crippen molar-refractivity contribution in [3.63, 3.8) is 0 Å². The lowest BCUT2D eigenvalue weighted by Gasteiger charge is -2.43. The number of rotatable bonds is 8. The van der Waals surface area contributed by atoms with Crippen LogP contribution in [0.3, 0.4) is 0 Å². The number of phenolic OH excluding ortho intramolecular Hbond substituents is 1. The van der Waals surface area contributed by atoms with E-state index >= 15 is 0 Å². The first-order valence-electron chi connectivity index (χ1n) is 18.0. The van der Waals surface area contributed by atoms with E-state index in [0.717, 1.165) is 56.7 Å². The van der Waals surface area contributed by atoms with Gasteiger partial charge in [-0.15, -0.1) is 0 Å². The Morgan fingerprint density at radius 3 is 2.17 bits per heavy atom. The maximum atomic E-state index is 14.1. The summed E-state index contributed by atoms with van der Waals surface area (Å²) in [6, 6.07) is 11.4. The molecule has 6 rings (SSSR count). The van der Waals surface area contributed by atoms with Crippen LogP contribution in [0.5, 0.6) is 5.75 Å². The van der Waals surface area contributed by atoms with Crippen molar-refractivity contribution in [1.82, 2.24) is 29.6 Å². The summed E-state index contributed by atoms with van der Waals surface area (Å²) >= 11 is 6.75. The predicted octanol–water partition coefficient (Wildman–Crippen LogP) is 3.98. The maximum absolute atomic E-state index is 14.1. The molecule has 14 nitrogen and oxygen atoms in total. The molecule has 4 heterocycles. The molecular weight excluding hydrogens is 802 g/mol. The molecule has 5 amide bonds. The fourth-order valence-corrected chi connectivity index (χ4v) is 8.94. The highest BCUT2D eigenvalue weighted by molar-refractivity contribution is 9.11. The number of ether oxygens (including phenoxy) is 1. The van der Waals surface area contributed by atoms with Crippen LogP contribution < -0.4 is 5.32 Å². The van der Waals surface area contributed by atoms with Crippen molar-refractivity contribution >= 4 is 61.5 Å². The summed E-state index contributed by atoms with van der Waals surface area (Å²) in [5.41, 5.74) is 2.66. The van der Waals surface area contributed by atoms with Crippen molar-refractivity contribution < 1.29 is 34.2 Å². The molecule has 1 atom stereocenters. The number of para-hydroxylation sites is 1. The Hall–Kier alpha value is -3.44. The third-order valence-electron chi connectivity index (χ3n) is 10.7. The molecule has 4 aliphatic rings. The number of carbonyl (C=O) groups excluding carboxylic acids is 4. The molecule has 2 aromatic rings. The van der Waals surface area contributed by atoms with Crippen LogP contribution in [0.1, 0.15) is 36.8 Å². The number of aromatic hydroxyl groups is 1. The van der Waals surface area contributed by atoms with Gasteiger partial charge in [0, 0.05) is 90.1 Å². The van der Waals surface area contributed by atoms with Gasteiger partial charge in [0.2, 0.25) is 0 Å². The quantitative estimate of drug-likeness (QED) is 0.265. The first kappa shape index (κ1) is 38.3. The summed E-state index contributed by atoms with van der Waals surface area (Å²) in [5, 5.41) is 23.3. The molecule has 0 aromatic heterocycles. The van der Waals surface area contributed by atoms with Crippen molar-refractivity contribution in [1.29, 1.82) is 0 Å². The largest absolute Gasteiger partial charge is 0.506 e. The molecule has 52 heavy (non-hydrogen) atoms. The minimum Gasteiger partial charge on any atom is -0.506 e. The number of hydrogen-bond acceptors (Lipinski definition) is 9. The minimum absolute atomic E-state index is 0.0171. The van der Waals surface area contributed by atoms with Crippen molar-refractivity contribution in [3.05, 3.63) is 56.5 Å². The Morgan fingerprint density at radius 2 is 1.52 bits per heavy atom. The van der Waals surface area contributed by atoms with E-state index < -0.39 is 12.2 Å². The zero-order valence-electron chi connectivity index (χ0n) is 29.4. The smallest absolute Gasteiger partial charge is 0.410 e. The standard InChI is InChI=1S/C36H47Br2N7O7/c1-40(51)32(46)23-41-16-18-42(19-17-41)26-7-11-43(12-8-26)34(48)31(22-24-20-28(37)33(47)29(38)21-24)52-36(50)44-13-9-27(10-14-44)45-15-6-25-4-2-3-5-30(25)39-35(45)49/h2-5,20-21,26-27,31,47,51H,6-19,22-23H2,1H3,(H,39,49)/t31-/m1/s1. The van der Waals surface area contributed by atoms with E-state index in [4.69, 9.17) is 4.74 Å². The molecular formula is C36H47Br2N7O7. The highest BCUT2D eigenvalue weighted by atomic mass is 79.9. The van der Waals surface area contributed by atoms with Crippen LogP contribution in [-0.2, 0) is 27.2 Å². The molecule has 2 aromatic carbocycles. The zero-order valence-corrected chi connectivity index (χ0v) is 32.6. The van der Waals surface area contributed by atoms with E-state index in [1.165, 1.54) is 7.05 Å². The van der Waals surface area contributed by atoms with Gasteiger partial charge in [0.05, 0.1) is 15.5 Å². The lowest BCUT2D eigenvalue weighted by molar-refractivity contribution is -0.161. The van der Waals surface area contributed by atoms with E-state index in [0.29, 0.717) is 71.2 Å². The number of phenols is 1. The van der Waals surface area contributed by atoms with Gasteiger partial charge in [0.1, 0.15) is 5.75 Å². The fraction of sp³-hybridized carbons (Fsp3) is 0.556. The molecule has 282 valence electrons. The molecule has 4 aliphatic heterocycles. The van der Waals surface area contributed by atoms with E-state index in [1.54, 1.807) is 21.9 Å². The first-order chi connectivity index (χ1) is 25.0. The number of likely N-dealkylation sites (N-methyl/N-ethyl adjacent to an activating group) is 1. The lowest BCUT2D eigenvalue weighted by atomic mass is 10.0. The number of nitrogens with zero attached hydrogens (tertiary/aromatic N) is 6. The van der Waals surface area contributed by atoms with Crippen LogP contribution >= 0.6 is 31.9 Å². The molecule has 0 radical (unpaired) electrons. The third-order valence-corrected chi connectivity index (χ3v) is 11.9. The number of halogens is 2. The van der Waals surface area contributed by atoms with Gasteiger partial charge >= 0.3 is 12.1 Å². The van der Waals surface area contributed by atoms with Gasteiger partial charge in [-0.3, -0.25) is 24.6 Å². The van der Waals surface area contributed by atoms with Gasteiger partial charge < -0.3 is 29.9 Å². The number of likely N-dealkylation sites (tertiary alicyclic amines) is 2. The number of benzene rings is 2. The molecule has 0 unspecified atom stereocenters. The molecule has 0 saturated carbocycles. The summed E-state index contributed by atoms with van der Waals surface area (Å²) in [7, 11) is 1.34. The summed E-state index contributed by atoms with van der Waals surface area (Å²) in [5.74, 6) is -0.538. The molecule has 0 spiro atoms. The van der Waals surface area contributed by atoms with E-state index in [1.807, 2.05) is 34.1 Å². The number of anilines is 1. The number of hydroxylamine groups is 2. The summed E-state index contributed by atoms with van der Waals surface area (Å²) in [4.78, 5) is 62.5. The molecule has 3 fully saturated rings. The third kappa shape index (κ3) is 9.19. The number of amides is 5. The van der Waals surface area contributed by atoms with E-state index in [-0.39, 0.29) is 42.6 Å². The van der Waals surface area contributed by atoms with Crippen molar-refractivity contribution in [2.24, 2.45) is 0 Å². The number of hydrogen-bond donors (Lipinski definition) is 3. The lowest BCUT2D eigenvalue weighted by Crippen LogP contribution is -2.56.